The molecule has 2 heteroatoms. The van der Waals surface area contributed by atoms with Crippen LogP contribution in [-0.4, -0.2) is 18.1 Å². The normalized spacial score (nSPS) is 19.4. The predicted molar refractivity (Wildman–Crippen MR) is 81.1 cm³/mol. The molecular weight excluding hydrogens is 238 g/mol. The number of fused-ring (bicyclic) bond motifs is 1. The van der Waals surface area contributed by atoms with Gasteiger partial charge < -0.3 is 5.32 Å². The van der Waals surface area contributed by atoms with E-state index in [2.05, 4.69) is 59.5 Å². The first-order valence-electron chi connectivity index (χ1n) is 6.68. The second-order valence-electron chi connectivity index (χ2n) is 5.00. The molecule has 0 aromatic heterocycles. The fourth-order valence-electron chi connectivity index (χ4n) is 2.60. The quantitative estimate of drug-likeness (QED) is 0.896. The zero-order valence-electron chi connectivity index (χ0n) is 10.6. The maximum atomic E-state index is 3.62. The monoisotopic (exact) mass is 257 g/mol. The largest absolute Gasteiger partial charge is 0.312 e. The minimum absolute atomic E-state index is 0.880. The third kappa shape index (κ3) is 2.70. The molecule has 0 amide bonds. The van der Waals surface area contributed by atoms with Gasteiger partial charge in [0, 0.05) is 6.54 Å². The first kappa shape index (κ1) is 12.1. The third-order valence-corrected chi connectivity index (χ3v) is 4.88. The molecule has 0 spiro atoms. The zero-order valence-corrected chi connectivity index (χ0v) is 11.4. The van der Waals surface area contributed by atoms with Crippen LogP contribution in [0.2, 0.25) is 0 Å². The van der Waals surface area contributed by atoms with E-state index >= 15 is 0 Å². The average Bonchev–Trinajstić information content (AvgIpc) is 2.92. The fraction of sp³-hybridized carbons (Fsp3) is 0.375. The summed E-state index contributed by atoms with van der Waals surface area (Å²) in [5.41, 5.74) is 1.42. The number of rotatable bonds is 4. The molecule has 3 rings (SSSR count). The van der Waals surface area contributed by atoms with Gasteiger partial charge in [-0.2, -0.15) is 11.8 Å². The Morgan fingerprint density at radius 2 is 2.00 bits per heavy atom. The Hall–Kier alpha value is -0.990. The Morgan fingerprint density at radius 1 is 1.11 bits per heavy atom. The van der Waals surface area contributed by atoms with Crippen molar-refractivity contribution in [3.8, 4) is 0 Å². The Morgan fingerprint density at radius 3 is 2.89 bits per heavy atom. The highest BCUT2D eigenvalue weighted by Crippen LogP contribution is 2.23. The van der Waals surface area contributed by atoms with E-state index in [1.165, 1.54) is 34.3 Å². The van der Waals surface area contributed by atoms with Crippen LogP contribution in [0.4, 0.5) is 0 Å². The molecule has 1 atom stereocenters. The number of hydrogen-bond donors (Lipinski definition) is 1. The second-order valence-corrected chi connectivity index (χ2v) is 6.15. The molecule has 0 saturated carbocycles. The van der Waals surface area contributed by atoms with E-state index in [0.29, 0.717) is 0 Å². The molecule has 0 bridgehead atoms. The van der Waals surface area contributed by atoms with Crippen LogP contribution < -0.4 is 5.32 Å². The van der Waals surface area contributed by atoms with Gasteiger partial charge in [0.1, 0.15) is 0 Å². The van der Waals surface area contributed by atoms with E-state index in [0.717, 1.165) is 19.0 Å². The van der Waals surface area contributed by atoms with Crippen molar-refractivity contribution in [3.05, 3.63) is 48.0 Å². The molecule has 0 aliphatic carbocycles. The summed E-state index contributed by atoms with van der Waals surface area (Å²) >= 11 is 2.09. The topological polar surface area (TPSA) is 12.0 Å². The van der Waals surface area contributed by atoms with Crippen LogP contribution in [0.15, 0.2) is 42.5 Å². The van der Waals surface area contributed by atoms with Crippen molar-refractivity contribution >= 4 is 22.5 Å². The van der Waals surface area contributed by atoms with Gasteiger partial charge in [-0.1, -0.05) is 42.5 Å². The molecule has 18 heavy (non-hydrogen) atoms. The molecule has 2 aromatic carbocycles. The number of hydrogen-bond acceptors (Lipinski definition) is 2. The molecule has 1 unspecified atom stereocenters. The lowest BCUT2D eigenvalue weighted by Gasteiger charge is -2.11. The molecule has 1 fully saturated rings. The van der Waals surface area contributed by atoms with Gasteiger partial charge in [-0.05, 0) is 46.7 Å². The van der Waals surface area contributed by atoms with E-state index in [4.69, 9.17) is 0 Å². The minimum atomic E-state index is 0.880. The molecule has 1 nitrogen and oxygen atoms in total. The maximum Gasteiger partial charge on any atom is 0.0211 e. The lowest BCUT2D eigenvalue weighted by atomic mass is 10.0. The van der Waals surface area contributed by atoms with Crippen molar-refractivity contribution in [1.82, 2.24) is 5.32 Å². The van der Waals surface area contributed by atoms with Crippen molar-refractivity contribution < 1.29 is 0 Å². The van der Waals surface area contributed by atoms with Crippen molar-refractivity contribution in [2.24, 2.45) is 5.92 Å². The van der Waals surface area contributed by atoms with Gasteiger partial charge in [0.15, 0.2) is 0 Å². The van der Waals surface area contributed by atoms with Crippen LogP contribution in [0.1, 0.15) is 12.0 Å². The van der Waals surface area contributed by atoms with Crippen LogP contribution in [0.5, 0.6) is 0 Å². The highest BCUT2D eigenvalue weighted by atomic mass is 32.2. The van der Waals surface area contributed by atoms with Gasteiger partial charge in [-0.25, -0.2) is 0 Å². The van der Waals surface area contributed by atoms with E-state index < -0.39 is 0 Å². The number of thioether (sulfide) groups is 1. The fourth-order valence-corrected chi connectivity index (χ4v) is 3.89. The Kier molecular flexibility index (Phi) is 3.87. The summed E-state index contributed by atoms with van der Waals surface area (Å²) in [4.78, 5) is 0. The third-order valence-electron chi connectivity index (χ3n) is 3.65. The van der Waals surface area contributed by atoms with Crippen molar-refractivity contribution in [1.29, 1.82) is 0 Å². The van der Waals surface area contributed by atoms with Gasteiger partial charge in [0.2, 0.25) is 0 Å². The SMILES string of the molecule is c1ccc2c(CNCC3CCSC3)cccc2c1. The molecule has 1 aliphatic rings. The van der Waals surface area contributed by atoms with Crippen LogP contribution in [0.3, 0.4) is 0 Å². The molecule has 1 aliphatic heterocycles. The van der Waals surface area contributed by atoms with Gasteiger partial charge in [0.05, 0.1) is 0 Å². The average molecular weight is 257 g/mol. The summed E-state index contributed by atoms with van der Waals surface area (Å²) in [5, 5.41) is 6.35. The van der Waals surface area contributed by atoms with Crippen molar-refractivity contribution in [3.63, 3.8) is 0 Å². The van der Waals surface area contributed by atoms with Crippen molar-refractivity contribution in [2.75, 3.05) is 18.1 Å². The summed E-state index contributed by atoms with van der Waals surface area (Å²) in [6.07, 6.45) is 1.38. The minimum Gasteiger partial charge on any atom is -0.312 e. The highest BCUT2D eigenvalue weighted by Gasteiger charge is 2.14. The van der Waals surface area contributed by atoms with Crippen molar-refractivity contribution in [2.45, 2.75) is 13.0 Å². The Balaban J connectivity index is 1.66. The summed E-state index contributed by atoms with van der Waals surface area (Å²) in [7, 11) is 0. The maximum absolute atomic E-state index is 3.62. The second kappa shape index (κ2) is 5.77. The molecule has 1 N–H and O–H groups in total. The van der Waals surface area contributed by atoms with Crippen LogP contribution in [0, 0.1) is 5.92 Å². The summed E-state index contributed by atoms with van der Waals surface area (Å²) in [6, 6.07) is 15.2. The molecule has 1 heterocycles. The first-order valence-corrected chi connectivity index (χ1v) is 7.84. The summed E-state index contributed by atoms with van der Waals surface area (Å²) in [5.74, 6) is 3.56. The molecule has 1 saturated heterocycles. The summed E-state index contributed by atoms with van der Waals surface area (Å²) in [6.45, 7) is 2.15. The van der Waals surface area contributed by atoms with Gasteiger partial charge in [0.25, 0.3) is 0 Å². The molecule has 94 valence electrons. The first-order chi connectivity index (χ1) is 8.93. The van der Waals surface area contributed by atoms with E-state index in [9.17, 15) is 0 Å². The van der Waals surface area contributed by atoms with Crippen LogP contribution >= 0.6 is 11.8 Å². The van der Waals surface area contributed by atoms with E-state index in [-0.39, 0.29) is 0 Å². The lowest BCUT2D eigenvalue weighted by molar-refractivity contribution is 0.524. The lowest BCUT2D eigenvalue weighted by Crippen LogP contribution is -2.22. The van der Waals surface area contributed by atoms with Crippen LogP contribution in [-0.2, 0) is 6.54 Å². The van der Waals surface area contributed by atoms with E-state index in [1.54, 1.807) is 0 Å². The standard InChI is InChI=1S/C16H19NS/c1-2-7-16-14(4-1)5-3-6-15(16)11-17-10-13-8-9-18-12-13/h1-7,13,17H,8-12H2. The Labute approximate surface area is 113 Å². The molecule has 2 aromatic rings. The molecular formula is C16H19NS. The van der Waals surface area contributed by atoms with Gasteiger partial charge in [-0.3, -0.25) is 0 Å². The zero-order chi connectivity index (χ0) is 12.2. The van der Waals surface area contributed by atoms with Gasteiger partial charge >= 0.3 is 0 Å². The summed E-state index contributed by atoms with van der Waals surface area (Å²) < 4.78 is 0. The number of benzene rings is 2. The Bertz CT molecular complexity index is 512. The molecule has 0 radical (unpaired) electrons. The smallest absolute Gasteiger partial charge is 0.0211 e. The van der Waals surface area contributed by atoms with Crippen LogP contribution in [0.25, 0.3) is 10.8 Å². The number of nitrogens with one attached hydrogen (secondary N) is 1. The van der Waals surface area contributed by atoms with E-state index in [1.807, 2.05) is 0 Å². The van der Waals surface area contributed by atoms with Gasteiger partial charge in [-0.15, -0.1) is 0 Å². The predicted octanol–water partition coefficient (Wildman–Crippen LogP) is 3.68. The highest BCUT2D eigenvalue weighted by molar-refractivity contribution is 7.99.